The number of esters is 1. The number of anilines is 1. The molecule has 1 saturated heterocycles. The first-order valence-electron chi connectivity index (χ1n) is 7.41. The fourth-order valence-electron chi connectivity index (χ4n) is 3.31. The van der Waals surface area contributed by atoms with Gasteiger partial charge in [-0.05, 0) is 24.5 Å². The number of nitrogens with one attached hydrogen (secondary N) is 1. The summed E-state index contributed by atoms with van der Waals surface area (Å²) in [6.07, 6.45) is 2.01. The van der Waals surface area contributed by atoms with Crippen LogP contribution in [0.3, 0.4) is 0 Å². The summed E-state index contributed by atoms with van der Waals surface area (Å²) in [5.41, 5.74) is 2.31. The Labute approximate surface area is 124 Å². The molecule has 0 aromatic heterocycles. The molecular weight excluding hydrogens is 268 g/mol. The Kier molecular flexibility index (Phi) is 3.82. The summed E-state index contributed by atoms with van der Waals surface area (Å²) < 4.78 is 4.80. The maximum Gasteiger partial charge on any atom is 0.328 e. The fourth-order valence-corrected chi connectivity index (χ4v) is 3.31. The molecule has 5 nitrogen and oxygen atoms in total. The second-order valence-electron chi connectivity index (χ2n) is 5.64. The second kappa shape index (κ2) is 5.76. The van der Waals surface area contributed by atoms with Crippen molar-refractivity contribution in [3.8, 4) is 0 Å². The van der Waals surface area contributed by atoms with Crippen LogP contribution in [0, 0.1) is 0 Å². The molecule has 1 fully saturated rings. The number of hydrogen-bond donors (Lipinski definition) is 1. The van der Waals surface area contributed by atoms with Gasteiger partial charge in [0.1, 0.15) is 6.04 Å². The standard InChI is InChI=1S/C16H20N2O3/c1-21-16(20)14-7-4-8-18(14)15(19)9-11-10-17-13-6-3-2-5-12(11)13/h2-3,5-6,11,14,17H,4,7-10H2,1H3. The van der Waals surface area contributed by atoms with Crippen LogP contribution in [0.2, 0.25) is 0 Å². The Morgan fingerprint density at radius 1 is 1.38 bits per heavy atom. The van der Waals surface area contributed by atoms with Crippen molar-refractivity contribution in [3.63, 3.8) is 0 Å². The van der Waals surface area contributed by atoms with Gasteiger partial charge in [0.05, 0.1) is 7.11 Å². The van der Waals surface area contributed by atoms with Crippen molar-refractivity contribution in [2.24, 2.45) is 0 Å². The number of carbonyl (C=O) groups excluding carboxylic acids is 2. The average molecular weight is 288 g/mol. The average Bonchev–Trinajstić information content (AvgIpc) is 3.14. The van der Waals surface area contributed by atoms with E-state index in [2.05, 4.69) is 11.4 Å². The summed E-state index contributed by atoms with van der Waals surface area (Å²) in [5.74, 6) is -0.0650. The highest BCUT2D eigenvalue weighted by Crippen LogP contribution is 2.34. The van der Waals surface area contributed by atoms with Crippen molar-refractivity contribution >= 4 is 17.6 Å². The molecular formula is C16H20N2O3. The summed E-state index contributed by atoms with van der Waals surface area (Å²) in [6.45, 7) is 1.43. The van der Waals surface area contributed by atoms with Crippen LogP contribution >= 0.6 is 0 Å². The van der Waals surface area contributed by atoms with Crippen molar-refractivity contribution in [2.45, 2.75) is 31.2 Å². The van der Waals surface area contributed by atoms with E-state index in [0.29, 0.717) is 19.4 Å². The largest absolute Gasteiger partial charge is 0.467 e. The van der Waals surface area contributed by atoms with E-state index in [1.807, 2.05) is 18.2 Å². The molecule has 5 heteroatoms. The predicted molar refractivity (Wildman–Crippen MR) is 79.0 cm³/mol. The maximum atomic E-state index is 12.5. The predicted octanol–water partition coefficient (Wildman–Crippen LogP) is 1.75. The number of likely N-dealkylation sites (tertiary alicyclic amines) is 1. The van der Waals surface area contributed by atoms with E-state index in [4.69, 9.17) is 4.74 Å². The first kappa shape index (κ1) is 13.9. The normalized spacial score (nSPS) is 23.6. The lowest BCUT2D eigenvalue weighted by atomic mass is 9.97. The Hall–Kier alpha value is -2.04. The van der Waals surface area contributed by atoms with Crippen LogP contribution in [-0.2, 0) is 14.3 Å². The van der Waals surface area contributed by atoms with Gasteiger partial charge in [-0.3, -0.25) is 4.79 Å². The number of hydrogen-bond acceptors (Lipinski definition) is 4. The van der Waals surface area contributed by atoms with Gasteiger partial charge < -0.3 is 15.0 Å². The van der Waals surface area contributed by atoms with E-state index in [1.165, 1.54) is 12.7 Å². The fraction of sp³-hybridized carbons (Fsp3) is 0.500. The molecule has 2 atom stereocenters. The van der Waals surface area contributed by atoms with Gasteiger partial charge in [0.2, 0.25) is 5.91 Å². The van der Waals surface area contributed by atoms with Crippen LogP contribution < -0.4 is 5.32 Å². The molecule has 2 aliphatic heterocycles. The van der Waals surface area contributed by atoms with Gasteiger partial charge in [-0.1, -0.05) is 18.2 Å². The SMILES string of the molecule is COC(=O)C1CCCN1C(=O)CC1CNc2ccccc21. The minimum Gasteiger partial charge on any atom is -0.467 e. The van der Waals surface area contributed by atoms with Crippen molar-refractivity contribution < 1.29 is 14.3 Å². The molecule has 0 bridgehead atoms. The summed E-state index contributed by atoms with van der Waals surface area (Å²) in [4.78, 5) is 26.0. The highest BCUT2D eigenvalue weighted by molar-refractivity contribution is 5.86. The Morgan fingerprint density at radius 2 is 2.19 bits per heavy atom. The topological polar surface area (TPSA) is 58.6 Å². The molecule has 1 aromatic carbocycles. The molecule has 0 saturated carbocycles. The lowest BCUT2D eigenvalue weighted by molar-refractivity contribution is -0.151. The van der Waals surface area contributed by atoms with E-state index in [-0.39, 0.29) is 17.8 Å². The van der Waals surface area contributed by atoms with Crippen molar-refractivity contribution in [1.82, 2.24) is 4.90 Å². The van der Waals surface area contributed by atoms with Crippen LogP contribution in [-0.4, -0.2) is 43.0 Å². The summed E-state index contributed by atoms with van der Waals surface area (Å²) in [7, 11) is 1.38. The highest BCUT2D eigenvalue weighted by Gasteiger charge is 2.36. The van der Waals surface area contributed by atoms with Gasteiger partial charge in [0.25, 0.3) is 0 Å². The van der Waals surface area contributed by atoms with E-state index in [1.54, 1.807) is 4.90 Å². The number of ether oxygens (including phenoxy) is 1. The number of para-hydroxylation sites is 1. The third-order valence-corrected chi connectivity index (χ3v) is 4.41. The molecule has 2 unspecified atom stereocenters. The molecule has 1 amide bonds. The van der Waals surface area contributed by atoms with Crippen LogP contribution in [0.4, 0.5) is 5.69 Å². The van der Waals surface area contributed by atoms with Crippen LogP contribution in [0.25, 0.3) is 0 Å². The number of benzene rings is 1. The van der Waals surface area contributed by atoms with Crippen molar-refractivity contribution in [3.05, 3.63) is 29.8 Å². The first-order chi connectivity index (χ1) is 10.2. The van der Waals surface area contributed by atoms with Crippen molar-refractivity contribution in [2.75, 3.05) is 25.5 Å². The van der Waals surface area contributed by atoms with Crippen molar-refractivity contribution in [1.29, 1.82) is 0 Å². The molecule has 112 valence electrons. The lowest BCUT2D eigenvalue weighted by Gasteiger charge is -2.24. The third-order valence-electron chi connectivity index (χ3n) is 4.41. The van der Waals surface area contributed by atoms with Gasteiger partial charge in [-0.15, -0.1) is 0 Å². The van der Waals surface area contributed by atoms with Crippen LogP contribution in [0.15, 0.2) is 24.3 Å². The number of rotatable bonds is 3. The zero-order valence-electron chi connectivity index (χ0n) is 12.2. The molecule has 2 heterocycles. The van der Waals surface area contributed by atoms with E-state index in [9.17, 15) is 9.59 Å². The minimum absolute atomic E-state index is 0.0476. The summed E-state index contributed by atoms with van der Waals surface area (Å²) >= 11 is 0. The maximum absolute atomic E-state index is 12.5. The Balaban J connectivity index is 1.68. The molecule has 21 heavy (non-hydrogen) atoms. The van der Waals surface area contributed by atoms with Gasteiger partial charge in [0.15, 0.2) is 0 Å². The number of amides is 1. The molecule has 3 rings (SSSR count). The van der Waals surface area contributed by atoms with Gasteiger partial charge >= 0.3 is 5.97 Å². The minimum atomic E-state index is -0.396. The second-order valence-corrected chi connectivity index (χ2v) is 5.64. The van der Waals surface area contributed by atoms with Crippen LogP contribution in [0.1, 0.15) is 30.7 Å². The summed E-state index contributed by atoms with van der Waals surface area (Å²) in [6, 6.07) is 7.69. The molecule has 1 N–H and O–H groups in total. The number of nitrogens with zero attached hydrogens (tertiary/aromatic N) is 1. The Morgan fingerprint density at radius 3 is 3.00 bits per heavy atom. The molecule has 1 aromatic rings. The van der Waals surface area contributed by atoms with Gasteiger partial charge in [-0.25, -0.2) is 4.79 Å². The molecule has 0 aliphatic carbocycles. The van der Waals surface area contributed by atoms with Gasteiger partial charge in [0, 0.05) is 31.1 Å². The van der Waals surface area contributed by atoms with E-state index < -0.39 is 6.04 Å². The molecule has 2 aliphatic rings. The van der Waals surface area contributed by atoms with E-state index >= 15 is 0 Å². The smallest absolute Gasteiger partial charge is 0.328 e. The zero-order valence-corrected chi connectivity index (χ0v) is 12.2. The number of carbonyl (C=O) groups is 2. The molecule has 0 radical (unpaired) electrons. The lowest BCUT2D eigenvalue weighted by Crippen LogP contribution is -2.41. The molecule has 0 spiro atoms. The Bertz CT molecular complexity index is 558. The summed E-state index contributed by atoms with van der Waals surface area (Å²) in [5, 5.41) is 3.33. The number of methoxy groups -OCH3 is 1. The monoisotopic (exact) mass is 288 g/mol. The van der Waals surface area contributed by atoms with Gasteiger partial charge in [-0.2, -0.15) is 0 Å². The third kappa shape index (κ3) is 2.60. The van der Waals surface area contributed by atoms with Crippen LogP contribution in [0.5, 0.6) is 0 Å². The zero-order chi connectivity index (χ0) is 14.8. The number of fused-ring (bicyclic) bond motifs is 1. The quantitative estimate of drug-likeness (QED) is 0.861. The highest BCUT2D eigenvalue weighted by atomic mass is 16.5. The van der Waals surface area contributed by atoms with E-state index in [0.717, 1.165) is 18.7 Å². The first-order valence-corrected chi connectivity index (χ1v) is 7.41.